The molecule has 0 aliphatic heterocycles. The molecule has 32 heavy (non-hydrogen) atoms. The van der Waals surface area contributed by atoms with Gasteiger partial charge in [0.15, 0.2) is 0 Å². The van der Waals surface area contributed by atoms with E-state index in [1.165, 1.54) is 126 Å². The normalized spacial score (nSPS) is 12.8. The van der Waals surface area contributed by atoms with E-state index in [0.29, 0.717) is 0 Å². The average Bonchev–Trinajstić information content (AvgIpc) is 2.79. The van der Waals surface area contributed by atoms with E-state index in [1.54, 1.807) is 0 Å². The molecule has 0 aromatic rings. The van der Waals surface area contributed by atoms with Gasteiger partial charge in [-0.25, -0.2) is 0 Å². The molecule has 0 aliphatic carbocycles. The van der Waals surface area contributed by atoms with Gasteiger partial charge in [-0.15, -0.1) is 0 Å². The Morgan fingerprint density at radius 1 is 0.625 bits per heavy atom. The van der Waals surface area contributed by atoms with Crippen molar-refractivity contribution in [2.75, 3.05) is 27.7 Å². The quantitative estimate of drug-likeness (QED) is 0.0924. The van der Waals surface area contributed by atoms with Crippen LogP contribution in [-0.4, -0.2) is 56.3 Å². The predicted molar refractivity (Wildman–Crippen MR) is 153 cm³/mol. The van der Waals surface area contributed by atoms with Crippen molar-refractivity contribution in [1.29, 1.82) is 0 Å². The molecule has 0 aliphatic rings. The maximum absolute atomic E-state index is 3.41. The molecule has 0 saturated heterocycles. The molecule has 0 radical (unpaired) electrons. The van der Waals surface area contributed by atoms with Gasteiger partial charge in [-0.1, -0.05) is 123 Å². The van der Waals surface area contributed by atoms with Crippen molar-refractivity contribution >= 4 is 18.6 Å². The van der Waals surface area contributed by atoms with E-state index < -0.39 is 8.24 Å². The van der Waals surface area contributed by atoms with Crippen molar-refractivity contribution in [2.45, 2.75) is 141 Å². The number of rotatable bonds is 24. The number of hydrogen-bond acceptors (Lipinski definition) is 4. The molecule has 0 rings (SSSR count). The predicted octanol–water partition coefficient (Wildman–Crippen LogP) is 5.74. The van der Waals surface area contributed by atoms with E-state index in [0.717, 1.165) is 6.42 Å². The van der Waals surface area contributed by atoms with Crippen molar-refractivity contribution in [3.63, 3.8) is 0 Å². The Labute approximate surface area is 207 Å². The topological polar surface area (TPSA) is 39.3 Å². The van der Waals surface area contributed by atoms with E-state index >= 15 is 0 Å². The maximum Gasteiger partial charge on any atom is 0.123 e. The van der Waals surface area contributed by atoms with Crippen LogP contribution in [0.25, 0.3) is 0 Å². The van der Waals surface area contributed by atoms with Crippen LogP contribution >= 0.6 is 0 Å². The van der Waals surface area contributed by atoms with Gasteiger partial charge in [0.1, 0.15) is 14.0 Å². The summed E-state index contributed by atoms with van der Waals surface area (Å²) in [6.07, 6.45) is 24.4. The van der Waals surface area contributed by atoms with Gasteiger partial charge < -0.3 is 4.23 Å². The van der Waals surface area contributed by atoms with Gasteiger partial charge in [0.05, 0.1) is 10.4 Å². The van der Waals surface area contributed by atoms with Gasteiger partial charge in [-0.2, -0.15) is 0 Å². The summed E-state index contributed by atoms with van der Waals surface area (Å²) in [5.41, 5.74) is 0. The van der Waals surface area contributed by atoms with Gasteiger partial charge in [0.25, 0.3) is 0 Å². The highest BCUT2D eigenvalue weighted by molar-refractivity contribution is 6.78. The second-order valence-corrected chi connectivity index (χ2v) is 17.6. The lowest BCUT2D eigenvalue weighted by Gasteiger charge is -2.39. The van der Waals surface area contributed by atoms with Crippen molar-refractivity contribution in [3.8, 4) is 0 Å². The van der Waals surface area contributed by atoms with Crippen LogP contribution in [0, 0.1) is 0 Å². The number of nitrogens with zero attached hydrogens (tertiary/aromatic N) is 1. The Morgan fingerprint density at radius 3 is 1.31 bits per heavy atom. The number of hydrogen-bond donors (Lipinski definition) is 3. The summed E-state index contributed by atoms with van der Waals surface area (Å²) in [5, 5.41) is 10.2. The molecule has 0 saturated carbocycles. The first-order chi connectivity index (χ1) is 15.4. The molecular formula is C26H62N4Si2. The third-order valence-corrected chi connectivity index (χ3v) is 15.7. The lowest BCUT2D eigenvalue weighted by Crippen LogP contribution is -2.64. The summed E-state index contributed by atoms with van der Waals surface area (Å²) in [4.78, 5) is 0. The molecule has 4 nitrogen and oxygen atoms in total. The molecule has 0 spiro atoms. The number of nitrogens with one attached hydrogen (secondary N) is 3. The smallest absolute Gasteiger partial charge is 0.123 e. The summed E-state index contributed by atoms with van der Waals surface area (Å²) >= 11 is 0. The van der Waals surface area contributed by atoms with Crippen LogP contribution in [0.4, 0.5) is 0 Å². The molecule has 0 unspecified atom stereocenters. The van der Waals surface area contributed by atoms with Crippen molar-refractivity contribution < 1.29 is 0 Å². The summed E-state index contributed by atoms with van der Waals surface area (Å²) < 4.78 is 2.80. The first-order valence-electron chi connectivity index (χ1n) is 14.2. The molecule has 0 bridgehead atoms. The fourth-order valence-electron chi connectivity index (χ4n) is 4.68. The van der Waals surface area contributed by atoms with Crippen LogP contribution in [0.2, 0.25) is 19.1 Å². The van der Waals surface area contributed by atoms with Crippen LogP contribution in [0.15, 0.2) is 0 Å². The van der Waals surface area contributed by atoms with E-state index in [4.69, 9.17) is 0 Å². The average molecular weight is 487 g/mol. The minimum absolute atomic E-state index is 0.138. The van der Waals surface area contributed by atoms with Crippen LogP contribution in [0.3, 0.4) is 0 Å². The maximum atomic E-state index is 3.41. The Hall–Kier alpha value is 0.274. The molecule has 0 heterocycles. The summed E-state index contributed by atoms with van der Waals surface area (Å²) in [6, 6.07) is 1.46. The fraction of sp³-hybridized carbons (Fsp3) is 1.00. The highest BCUT2D eigenvalue weighted by Crippen LogP contribution is 2.20. The first-order valence-corrected chi connectivity index (χ1v) is 18.2. The fourth-order valence-corrected chi connectivity index (χ4v) is 7.79. The van der Waals surface area contributed by atoms with Crippen LogP contribution < -0.4 is 16.0 Å². The largest absolute Gasteiger partial charge is 0.353 e. The van der Waals surface area contributed by atoms with Gasteiger partial charge in [0, 0.05) is 6.42 Å². The molecule has 0 fully saturated rings. The van der Waals surface area contributed by atoms with Crippen LogP contribution in [0.1, 0.15) is 116 Å². The second kappa shape index (κ2) is 20.6. The Bertz CT molecular complexity index is 395. The minimum atomic E-state index is -1.24. The monoisotopic (exact) mass is 486 g/mol. The molecule has 0 amide bonds. The molecule has 0 aromatic carbocycles. The zero-order valence-electron chi connectivity index (χ0n) is 23.4. The lowest BCUT2D eigenvalue weighted by molar-refractivity contribution is 0.220. The van der Waals surface area contributed by atoms with E-state index in [2.05, 4.69) is 40.2 Å². The highest BCUT2D eigenvalue weighted by atomic mass is 28.4. The Balaban J connectivity index is 3.62. The van der Waals surface area contributed by atoms with Gasteiger partial charge in [-0.3, -0.25) is 16.0 Å². The number of unbranched alkanes of at least 4 members (excludes halogenated alkanes) is 15. The molecule has 194 valence electrons. The zero-order valence-corrected chi connectivity index (χ0v) is 26.4. The van der Waals surface area contributed by atoms with Crippen LogP contribution in [0.5, 0.6) is 0 Å². The van der Waals surface area contributed by atoms with E-state index in [1.807, 2.05) is 21.1 Å². The summed E-state index contributed by atoms with van der Waals surface area (Å²) in [5.74, 6) is -0.138. The standard InChI is InChI=1S/C26H62N4Si2/c1-7-8-9-10-11-12-13-14-15-16-17-18-19-20-21-22-25-32(5,6)30(31)24-23-26(27-2,28-3)29-4/h27-29H,7-25H2,1-6,31H3. The third kappa shape index (κ3) is 16.0. The minimum Gasteiger partial charge on any atom is -0.353 e. The van der Waals surface area contributed by atoms with Gasteiger partial charge >= 0.3 is 0 Å². The second-order valence-electron chi connectivity index (χ2n) is 10.7. The molecule has 0 atom stereocenters. The highest BCUT2D eigenvalue weighted by Gasteiger charge is 2.29. The first kappa shape index (κ1) is 32.3. The summed E-state index contributed by atoms with van der Waals surface area (Å²) in [7, 11) is 6.03. The lowest BCUT2D eigenvalue weighted by atomic mass is 10.0. The molecule has 6 heteroatoms. The Kier molecular flexibility index (Phi) is 20.8. The van der Waals surface area contributed by atoms with E-state index in [9.17, 15) is 0 Å². The van der Waals surface area contributed by atoms with Crippen LogP contribution in [-0.2, 0) is 0 Å². The van der Waals surface area contributed by atoms with Gasteiger partial charge in [-0.05, 0) is 33.7 Å². The summed E-state index contributed by atoms with van der Waals surface area (Å²) in [6.45, 7) is 8.64. The van der Waals surface area contributed by atoms with Crippen molar-refractivity contribution in [3.05, 3.63) is 0 Å². The Morgan fingerprint density at radius 2 is 0.969 bits per heavy atom. The zero-order chi connectivity index (χ0) is 24.1. The van der Waals surface area contributed by atoms with E-state index in [-0.39, 0.29) is 5.79 Å². The third-order valence-electron chi connectivity index (χ3n) is 7.78. The molecule has 3 N–H and O–H groups in total. The molecular weight excluding hydrogens is 424 g/mol. The van der Waals surface area contributed by atoms with Crippen molar-refractivity contribution in [1.82, 2.24) is 20.2 Å². The van der Waals surface area contributed by atoms with Gasteiger partial charge in [0.2, 0.25) is 0 Å². The van der Waals surface area contributed by atoms with Crippen molar-refractivity contribution in [2.24, 2.45) is 0 Å². The molecule has 0 aromatic heterocycles. The SMILES string of the molecule is CCCCCCCCCCCCCCCCCC[Si](C)(C)N([SiH3])CCC(NC)(NC)NC.